The van der Waals surface area contributed by atoms with Crippen LogP contribution >= 0.6 is 23.2 Å². The van der Waals surface area contributed by atoms with Crippen molar-refractivity contribution >= 4 is 23.2 Å². The fourth-order valence-electron chi connectivity index (χ4n) is 4.12. The fourth-order valence-corrected chi connectivity index (χ4v) is 4.40. The maximum Gasteiger partial charge on any atom is 0.121 e. The largest absolute Gasteiger partial charge is 0.492 e. The third-order valence-corrected chi connectivity index (χ3v) is 6.84. The highest BCUT2D eigenvalue weighted by Crippen LogP contribution is 2.29. The second-order valence-electron chi connectivity index (χ2n) is 8.93. The summed E-state index contributed by atoms with van der Waals surface area (Å²) in [6.45, 7) is 6.11. The van der Waals surface area contributed by atoms with E-state index in [2.05, 4.69) is 22.1 Å². The first-order valence-corrected chi connectivity index (χ1v) is 12.4. The Hall–Kier alpha value is -2.25. The maximum atomic E-state index is 11.1. The Morgan fingerprint density at radius 1 is 0.971 bits per heavy atom. The summed E-state index contributed by atoms with van der Waals surface area (Å²) in [6.07, 6.45) is 4.23. The Kier molecular flexibility index (Phi) is 8.37. The highest BCUT2D eigenvalue weighted by atomic mass is 35.5. The molecule has 1 atom stereocenters. The van der Waals surface area contributed by atoms with Crippen molar-refractivity contribution in [2.75, 3.05) is 26.3 Å². The van der Waals surface area contributed by atoms with E-state index in [0.717, 1.165) is 44.0 Å². The molecule has 1 aromatic heterocycles. The van der Waals surface area contributed by atoms with Crippen LogP contribution in [0.3, 0.4) is 0 Å². The molecule has 0 bridgehead atoms. The van der Waals surface area contributed by atoms with Gasteiger partial charge in [-0.3, -0.25) is 9.58 Å². The predicted molar refractivity (Wildman–Crippen MR) is 135 cm³/mol. The molecule has 0 spiro atoms. The summed E-state index contributed by atoms with van der Waals surface area (Å²) < 4.78 is 13.6. The lowest BCUT2D eigenvalue weighted by atomic mass is 9.96. The van der Waals surface area contributed by atoms with Crippen molar-refractivity contribution in [3.05, 3.63) is 76.0 Å². The predicted octanol–water partition coefficient (Wildman–Crippen LogP) is 5.37. The molecule has 1 fully saturated rings. The van der Waals surface area contributed by atoms with Crippen molar-refractivity contribution in [3.63, 3.8) is 0 Å². The van der Waals surface area contributed by atoms with E-state index in [1.54, 1.807) is 18.2 Å². The SMILES string of the molecule is Cc1ccn(CCOc2ccc(CN3CCC[C@@](O)(COc4ccc(Cl)c(Cl)c4)CC3)cc2)n1. The summed E-state index contributed by atoms with van der Waals surface area (Å²) in [5.41, 5.74) is 1.38. The van der Waals surface area contributed by atoms with E-state index in [9.17, 15) is 5.11 Å². The molecule has 1 aliphatic rings. The first kappa shape index (κ1) is 24.9. The molecule has 0 amide bonds. The molecule has 1 N–H and O–H groups in total. The summed E-state index contributed by atoms with van der Waals surface area (Å²) in [5, 5.41) is 16.4. The van der Waals surface area contributed by atoms with Crippen LogP contribution < -0.4 is 9.47 Å². The van der Waals surface area contributed by atoms with Gasteiger partial charge in [0.2, 0.25) is 0 Å². The van der Waals surface area contributed by atoms with Crippen LogP contribution in [0.5, 0.6) is 11.5 Å². The Balaban J connectivity index is 1.22. The number of aromatic nitrogens is 2. The molecule has 8 heteroatoms. The lowest BCUT2D eigenvalue weighted by Crippen LogP contribution is -2.37. The Labute approximate surface area is 211 Å². The number of likely N-dealkylation sites (tertiary alicyclic amines) is 1. The van der Waals surface area contributed by atoms with E-state index in [1.807, 2.05) is 36.0 Å². The molecule has 0 saturated carbocycles. The number of benzene rings is 2. The van der Waals surface area contributed by atoms with Gasteiger partial charge in [0, 0.05) is 25.4 Å². The summed E-state index contributed by atoms with van der Waals surface area (Å²) in [6, 6.07) is 15.4. The fraction of sp³-hybridized carbons (Fsp3) is 0.423. The molecule has 34 heavy (non-hydrogen) atoms. The van der Waals surface area contributed by atoms with Crippen molar-refractivity contribution in [3.8, 4) is 11.5 Å². The van der Waals surface area contributed by atoms with Crippen molar-refractivity contribution in [1.82, 2.24) is 14.7 Å². The second kappa shape index (κ2) is 11.5. The Bertz CT molecular complexity index is 1070. The number of aliphatic hydroxyl groups is 1. The normalized spacial score (nSPS) is 19.1. The van der Waals surface area contributed by atoms with Crippen LogP contribution in [0.15, 0.2) is 54.7 Å². The van der Waals surface area contributed by atoms with E-state index in [-0.39, 0.29) is 6.61 Å². The maximum absolute atomic E-state index is 11.1. The molecular formula is C26H31Cl2N3O3. The molecule has 1 saturated heterocycles. The summed E-state index contributed by atoms with van der Waals surface area (Å²) in [4.78, 5) is 2.38. The summed E-state index contributed by atoms with van der Waals surface area (Å²) in [5.74, 6) is 1.48. The molecule has 3 aromatic rings. The standard InChI is InChI=1S/C26H31Cl2N3O3/c1-20-9-13-31(29-20)15-16-33-22-5-3-21(4-6-22)18-30-12-2-10-26(32,11-14-30)19-34-23-7-8-24(27)25(28)17-23/h3-9,13,17,32H,2,10-12,14-16,18-19H2,1H3/t26-/m0/s1. The van der Waals surface area contributed by atoms with Crippen LogP contribution in [0.25, 0.3) is 0 Å². The zero-order valence-corrected chi connectivity index (χ0v) is 20.9. The minimum Gasteiger partial charge on any atom is -0.492 e. The summed E-state index contributed by atoms with van der Waals surface area (Å²) >= 11 is 12.0. The van der Waals surface area contributed by atoms with Gasteiger partial charge in [0.15, 0.2) is 0 Å². The Morgan fingerprint density at radius 2 is 1.76 bits per heavy atom. The molecule has 6 nitrogen and oxygen atoms in total. The third-order valence-electron chi connectivity index (χ3n) is 6.10. The molecule has 2 aromatic carbocycles. The minimum absolute atomic E-state index is 0.239. The lowest BCUT2D eigenvalue weighted by Gasteiger charge is -2.27. The van der Waals surface area contributed by atoms with Gasteiger partial charge in [-0.25, -0.2) is 0 Å². The smallest absolute Gasteiger partial charge is 0.121 e. The highest BCUT2D eigenvalue weighted by Gasteiger charge is 2.31. The number of hydrogen-bond acceptors (Lipinski definition) is 5. The molecule has 4 rings (SSSR count). The first-order valence-electron chi connectivity index (χ1n) is 11.6. The van der Waals surface area contributed by atoms with E-state index in [4.69, 9.17) is 32.7 Å². The molecule has 0 unspecified atom stereocenters. The Morgan fingerprint density at radius 3 is 2.50 bits per heavy atom. The minimum atomic E-state index is -0.855. The number of rotatable bonds is 9. The van der Waals surface area contributed by atoms with Crippen molar-refractivity contribution in [1.29, 1.82) is 0 Å². The quantitative estimate of drug-likeness (QED) is 0.425. The van der Waals surface area contributed by atoms with Gasteiger partial charge in [0.1, 0.15) is 24.7 Å². The van der Waals surface area contributed by atoms with Crippen LogP contribution in [0.1, 0.15) is 30.5 Å². The number of halogens is 2. The third kappa shape index (κ3) is 7.12. The van der Waals surface area contributed by atoms with Crippen molar-refractivity contribution in [2.45, 2.75) is 44.9 Å². The van der Waals surface area contributed by atoms with Crippen LogP contribution in [0, 0.1) is 6.92 Å². The molecule has 182 valence electrons. The molecule has 0 radical (unpaired) electrons. The number of ether oxygens (including phenoxy) is 2. The van der Waals surface area contributed by atoms with Gasteiger partial charge < -0.3 is 14.6 Å². The van der Waals surface area contributed by atoms with Gasteiger partial charge in [-0.1, -0.05) is 35.3 Å². The molecule has 0 aliphatic carbocycles. The number of aryl methyl sites for hydroxylation is 1. The molecular weight excluding hydrogens is 473 g/mol. The summed E-state index contributed by atoms with van der Waals surface area (Å²) in [7, 11) is 0. The number of nitrogens with zero attached hydrogens (tertiary/aromatic N) is 3. The molecule has 2 heterocycles. The average Bonchev–Trinajstić information content (AvgIpc) is 3.15. The lowest BCUT2D eigenvalue weighted by molar-refractivity contribution is -0.0168. The highest BCUT2D eigenvalue weighted by molar-refractivity contribution is 6.42. The van der Waals surface area contributed by atoms with Gasteiger partial charge in [0.25, 0.3) is 0 Å². The molecule has 1 aliphatic heterocycles. The van der Waals surface area contributed by atoms with E-state index in [1.165, 1.54) is 5.56 Å². The van der Waals surface area contributed by atoms with E-state index in [0.29, 0.717) is 35.2 Å². The first-order chi connectivity index (χ1) is 16.4. The van der Waals surface area contributed by atoms with Crippen molar-refractivity contribution < 1.29 is 14.6 Å². The van der Waals surface area contributed by atoms with Crippen LogP contribution in [-0.2, 0) is 13.1 Å². The van der Waals surface area contributed by atoms with Gasteiger partial charge in [-0.2, -0.15) is 5.10 Å². The van der Waals surface area contributed by atoms with Crippen LogP contribution in [0.4, 0.5) is 0 Å². The van der Waals surface area contributed by atoms with Gasteiger partial charge >= 0.3 is 0 Å². The number of hydrogen-bond donors (Lipinski definition) is 1. The van der Waals surface area contributed by atoms with Gasteiger partial charge in [-0.15, -0.1) is 0 Å². The monoisotopic (exact) mass is 503 g/mol. The average molecular weight is 504 g/mol. The zero-order valence-electron chi connectivity index (χ0n) is 19.4. The zero-order chi connectivity index (χ0) is 24.0. The van der Waals surface area contributed by atoms with E-state index >= 15 is 0 Å². The van der Waals surface area contributed by atoms with Crippen LogP contribution in [0.2, 0.25) is 10.0 Å². The van der Waals surface area contributed by atoms with Gasteiger partial charge in [0.05, 0.1) is 27.9 Å². The topological polar surface area (TPSA) is 59.8 Å². The van der Waals surface area contributed by atoms with Crippen LogP contribution in [-0.4, -0.2) is 51.7 Å². The van der Waals surface area contributed by atoms with Gasteiger partial charge in [-0.05, 0) is 68.6 Å². The second-order valence-corrected chi connectivity index (χ2v) is 9.75. The van der Waals surface area contributed by atoms with Crippen molar-refractivity contribution in [2.24, 2.45) is 0 Å². The van der Waals surface area contributed by atoms with E-state index < -0.39 is 5.60 Å².